The van der Waals surface area contributed by atoms with E-state index >= 15 is 0 Å². The maximum atomic E-state index is 13.0. The Morgan fingerprint density at radius 3 is 2.22 bits per heavy atom. The number of carbonyl (C=O) groups excluding carboxylic acids is 1. The van der Waals surface area contributed by atoms with Gasteiger partial charge >= 0.3 is 6.03 Å². The lowest BCUT2D eigenvalue weighted by Gasteiger charge is -2.56. The van der Waals surface area contributed by atoms with Gasteiger partial charge < -0.3 is 25.2 Å². The molecule has 1 aromatic heterocycles. The lowest BCUT2D eigenvalue weighted by atomic mass is 9.53. The maximum absolute atomic E-state index is 13.0. The van der Waals surface area contributed by atoms with Crippen molar-refractivity contribution in [2.45, 2.75) is 87.8 Å². The number of tetrazole rings is 1. The van der Waals surface area contributed by atoms with Gasteiger partial charge in [0.25, 0.3) is 0 Å². The largest absolute Gasteiger partial charge is 0.392 e. The molecule has 9 rings (SSSR count). The summed E-state index contributed by atoms with van der Waals surface area (Å²) in [6, 6.07) is 25.8. The lowest BCUT2D eigenvalue weighted by molar-refractivity contribution is -0.268. The van der Waals surface area contributed by atoms with Crippen molar-refractivity contribution in [2.24, 2.45) is 23.7 Å². The molecule has 49 heavy (non-hydrogen) atoms. The number of nitrogens with zero attached hydrogens (tertiary/aromatic N) is 4. The minimum Gasteiger partial charge on any atom is -0.392 e. The Hall–Kier alpha value is -3.77. The number of thioether (sulfide) groups is 1. The highest BCUT2D eigenvalue weighted by Crippen LogP contribution is 2.55. The number of aliphatic hydroxyl groups is 1. The van der Waals surface area contributed by atoms with E-state index in [1.54, 1.807) is 16.4 Å². The van der Waals surface area contributed by atoms with Crippen molar-refractivity contribution < 1.29 is 19.4 Å². The SMILES string of the molecule is C[C@@H]1[C@H](CSc2nnnn2-c2ccccc2)O[C@H](c2ccc(CNC(=O)NC34CC5CC(CC(C5)C3)C4)cc2)O[C@@H]1c1ccc(CO)cc1. The monoisotopic (exact) mass is 680 g/mol. The molecule has 2 heterocycles. The first-order chi connectivity index (χ1) is 23.9. The van der Waals surface area contributed by atoms with E-state index in [0.29, 0.717) is 17.5 Å². The fourth-order valence-corrected chi connectivity index (χ4v) is 10.0. The van der Waals surface area contributed by atoms with Crippen molar-refractivity contribution in [3.63, 3.8) is 0 Å². The molecule has 0 unspecified atom stereocenters. The molecule has 4 bridgehead atoms. The number of ether oxygens (including phenoxy) is 2. The summed E-state index contributed by atoms with van der Waals surface area (Å²) in [6.45, 7) is 2.60. The average molecular weight is 681 g/mol. The van der Waals surface area contributed by atoms with Gasteiger partial charge in [0.2, 0.25) is 5.16 Å². The molecular formula is C38H44N6O4S. The normalized spacial score (nSPS) is 30.3. The van der Waals surface area contributed by atoms with Gasteiger partial charge in [-0.05, 0) is 95.5 Å². The third kappa shape index (κ3) is 6.99. The van der Waals surface area contributed by atoms with Crippen molar-refractivity contribution in [2.75, 3.05) is 5.75 Å². The first-order valence-electron chi connectivity index (χ1n) is 17.6. The lowest BCUT2D eigenvalue weighted by Crippen LogP contribution is -2.61. The van der Waals surface area contributed by atoms with Gasteiger partial charge in [-0.2, -0.15) is 4.68 Å². The van der Waals surface area contributed by atoms with Crippen LogP contribution in [0, 0.1) is 23.7 Å². The van der Waals surface area contributed by atoms with Crippen LogP contribution in [-0.2, 0) is 22.6 Å². The number of rotatable bonds is 10. The summed E-state index contributed by atoms with van der Waals surface area (Å²) in [6.07, 6.45) is 6.49. The number of benzene rings is 3. The summed E-state index contributed by atoms with van der Waals surface area (Å²) in [4.78, 5) is 13.0. The van der Waals surface area contributed by atoms with E-state index in [2.05, 4.69) is 33.1 Å². The highest BCUT2D eigenvalue weighted by atomic mass is 32.2. The number of hydrogen-bond acceptors (Lipinski definition) is 8. The zero-order valence-corrected chi connectivity index (χ0v) is 28.6. The molecule has 1 saturated heterocycles. The smallest absolute Gasteiger partial charge is 0.315 e. The minimum absolute atomic E-state index is 0.00633. The predicted octanol–water partition coefficient (Wildman–Crippen LogP) is 6.51. The van der Waals surface area contributed by atoms with E-state index in [1.165, 1.54) is 19.3 Å². The number of aliphatic hydroxyl groups excluding tert-OH is 1. The van der Waals surface area contributed by atoms with E-state index in [-0.39, 0.29) is 36.3 Å². The van der Waals surface area contributed by atoms with E-state index in [4.69, 9.17) is 9.47 Å². The predicted molar refractivity (Wildman–Crippen MR) is 186 cm³/mol. The molecule has 0 radical (unpaired) electrons. The third-order valence-electron chi connectivity index (χ3n) is 11.1. The second-order valence-electron chi connectivity index (χ2n) is 14.6. The molecular weight excluding hydrogens is 637 g/mol. The number of para-hydroxylation sites is 1. The zero-order valence-electron chi connectivity index (χ0n) is 27.8. The Morgan fingerprint density at radius 1 is 0.898 bits per heavy atom. The van der Waals surface area contributed by atoms with Crippen LogP contribution in [0.15, 0.2) is 84.0 Å². The third-order valence-corrected chi connectivity index (χ3v) is 12.1. The van der Waals surface area contributed by atoms with Crippen LogP contribution in [0.5, 0.6) is 0 Å². The first kappa shape index (κ1) is 32.4. The molecule has 10 nitrogen and oxygen atoms in total. The molecule has 3 N–H and O–H groups in total. The molecule has 256 valence electrons. The number of amides is 2. The Balaban J connectivity index is 0.941. The zero-order chi connectivity index (χ0) is 33.4. The summed E-state index contributed by atoms with van der Waals surface area (Å²) in [5.74, 6) is 3.02. The van der Waals surface area contributed by atoms with Crippen LogP contribution in [0.2, 0.25) is 0 Å². The number of aromatic nitrogens is 4. The molecule has 4 atom stereocenters. The van der Waals surface area contributed by atoms with Crippen molar-refractivity contribution in [1.29, 1.82) is 0 Å². The van der Waals surface area contributed by atoms with Gasteiger partial charge in [-0.25, -0.2) is 4.79 Å². The molecule has 4 aliphatic carbocycles. The fourth-order valence-electron chi connectivity index (χ4n) is 8.99. The summed E-state index contributed by atoms with van der Waals surface area (Å²) >= 11 is 1.56. The summed E-state index contributed by atoms with van der Waals surface area (Å²) in [5, 5.41) is 29.2. The van der Waals surface area contributed by atoms with Crippen LogP contribution in [0.3, 0.4) is 0 Å². The summed E-state index contributed by atoms with van der Waals surface area (Å²) < 4.78 is 15.1. The Labute approximate surface area is 291 Å². The number of hydrogen-bond donors (Lipinski definition) is 3. The maximum Gasteiger partial charge on any atom is 0.315 e. The average Bonchev–Trinajstić information content (AvgIpc) is 3.59. The summed E-state index contributed by atoms with van der Waals surface area (Å²) in [5.41, 5.74) is 4.71. The number of urea groups is 1. The quantitative estimate of drug-likeness (QED) is 0.162. The summed E-state index contributed by atoms with van der Waals surface area (Å²) in [7, 11) is 0. The fraction of sp³-hybridized carbons (Fsp3) is 0.474. The van der Waals surface area contributed by atoms with Crippen molar-refractivity contribution >= 4 is 17.8 Å². The van der Waals surface area contributed by atoms with Crippen LogP contribution >= 0.6 is 11.8 Å². The number of carbonyl (C=O) groups is 1. The highest BCUT2D eigenvalue weighted by Gasteiger charge is 2.51. The van der Waals surface area contributed by atoms with E-state index in [0.717, 1.165) is 65.0 Å². The Bertz CT molecular complexity index is 1700. The van der Waals surface area contributed by atoms with Crippen molar-refractivity contribution in [3.8, 4) is 5.69 Å². The molecule has 3 aromatic carbocycles. The second kappa shape index (κ2) is 13.9. The van der Waals surface area contributed by atoms with Gasteiger partial charge in [0, 0.05) is 29.3 Å². The van der Waals surface area contributed by atoms with Gasteiger partial charge in [0.1, 0.15) is 0 Å². The van der Waals surface area contributed by atoms with Gasteiger partial charge in [-0.15, -0.1) is 5.10 Å². The molecule has 4 aromatic rings. The van der Waals surface area contributed by atoms with Crippen LogP contribution < -0.4 is 10.6 Å². The highest BCUT2D eigenvalue weighted by molar-refractivity contribution is 7.99. The molecule has 1 aliphatic heterocycles. The van der Waals surface area contributed by atoms with E-state index < -0.39 is 6.29 Å². The van der Waals surface area contributed by atoms with Crippen molar-refractivity contribution in [1.82, 2.24) is 30.8 Å². The Kier molecular flexibility index (Phi) is 9.17. The Morgan fingerprint density at radius 2 is 1.55 bits per heavy atom. The second-order valence-corrected chi connectivity index (χ2v) is 15.6. The molecule has 5 aliphatic rings. The molecule has 2 amide bonds. The van der Waals surface area contributed by atoms with Gasteiger partial charge in [-0.3, -0.25) is 0 Å². The topological polar surface area (TPSA) is 123 Å². The van der Waals surface area contributed by atoms with Crippen LogP contribution in [0.25, 0.3) is 5.69 Å². The van der Waals surface area contributed by atoms with E-state index in [1.807, 2.05) is 78.9 Å². The first-order valence-corrected chi connectivity index (χ1v) is 18.5. The number of nitrogens with one attached hydrogen (secondary N) is 2. The molecule has 4 saturated carbocycles. The van der Waals surface area contributed by atoms with Crippen molar-refractivity contribution in [3.05, 3.63) is 101 Å². The van der Waals surface area contributed by atoms with E-state index in [9.17, 15) is 9.90 Å². The van der Waals surface area contributed by atoms with Crippen LogP contribution in [0.1, 0.15) is 80.1 Å². The molecule has 11 heteroatoms. The molecule has 0 spiro atoms. The van der Waals surface area contributed by atoms with Gasteiger partial charge in [0.15, 0.2) is 6.29 Å². The standard InChI is InChI=1S/C38H44N6O4S/c1-24-33(23-49-37-41-42-43-44(37)32-5-3-2-4-6-32)47-35(48-34(24)30-11-9-26(22-45)10-12-30)31-13-7-25(8-14-31)21-39-36(46)40-38-18-27-15-28(19-38)17-29(16-27)20-38/h2-14,24,27-29,33-35,45H,15-23H2,1H3,(H2,39,40,46)/t24-,27?,28?,29?,33+,34+,35+,38?/m1/s1. The van der Waals surface area contributed by atoms with Gasteiger partial charge in [-0.1, -0.05) is 85.4 Å². The molecule has 5 fully saturated rings. The van der Waals surface area contributed by atoms with Gasteiger partial charge in [0.05, 0.1) is 24.5 Å². The van der Waals surface area contributed by atoms with Crippen LogP contribution in [-0.4, -0.2) is 48.7 Å². The minimum atomic E-state index is -0.587. The van der Waals surface area contributed by atoms with Crippen LogP contribution in [0.4, 0.5) is 4.79 Å².